The highest BCUT2D eigenvalue weighted by atomic mass is 79.9. The van der Waals surface area contributed by atoms with Crippen molar-refractivity contribution in [2.75, 3.05) is 11.9 Å². The number of carbonyl (C=O) groups excluding carboxylic acids is 3. The van der Waals surface area contributed by atoms with E-state index in [1.165, 1.54) is 0 Å². The van der Waals surface area contributed by atoms with Gasteiger partial charge in [-0.1, -0.05) is 65.3 Å². The molecule has 0 radical (unpaired) electrons. The fourth-order valence-corrected chi connectivity index (χ4v) is 10.3. The number of aliphatic hydroxyl groups is 1. The number of hydrogen-bond acceptors (Lipinski definition) is 7. The molecule has 1 spiro atoms. The van der Waals surface area contributed by atoms with Crippen molar-refractivity contribution >= 4 is 62.1 Å². The molecule has 3 saturated heterocycles. The molecule has 1 aromatic heterocycles. The van der Waals surface area contributed by atoms with Crippen molar-refractivity contribution in [2.45, 2.75) is 53.8 Å². The van der Waals surface area contributed by atoms with Crippen LogP contribution >= 0.6 is 27.7 Å². The molecule has 12 heteroatoms. The number of amides is 3. The standard InChI is InChI=1S/C28H31BrN6O4S/c1-15(2)20(13-36)35-24(26(38)30-14-34-19-11-7-6-10-18(19)32-33-34)28-12-17(29)23(40-28)21(22(28)27(35)39)25(37)31-16-8-4-3-5-9-16/h3-11,15,17,20-24,36H,12-14H2,1-2H3,(H,30,38)(H,31,37)/t17?,20-,21-,22-,23-,24?,28?/m0/s1. The predicted molar refractivity (Wildman–Crippen MR) is 156 cm³/mol. The normalized spacial score (nSPS) is 29.7. The van der Waals surface area contributed by atoms with Gasteiger partial charge in [-0.15, -0.1) is 16.9 Å². The molecule has 4 heterocycles. The lowest BCUT2D eigenvalue weighted by Crippen LogP contribution is -2.58. The molecule has 3 fully saturated rings. The van der Waals surface area contributed by atoms with Crippen LogP contribution in [0.1, 0.15) is 20.3 Å². The average molecular weight is 628 g/mol. The van der Waals surface area contributed by atoms with E-state index in [4.69, 9.17) is 0 Å². The number of aromatic nitrogens is 3. The maximum absolute atomic E-state index is 14.3. The molecule has 10 nitrogen and oxygen atoms in total. The molecule has 3 aliphatic rings. The minimum absolute atomic E-state index is 0.0470. The van der Waals surface area contributed by atoms with Gasteiger partial charge in [0.2, 0.25) is 17.7 Å². The fraction of sp³-hybridized carbons (Fsp3) is 0.464. The van der Waals surface area contributed by atoms with Crippen LogP contribution in [0.5, 0.6) is 0 Å². The van der Waals surface area contributed by atoms with Gasteiger partial charge in [-0.2, -0.15) is 0 Å². The molecule has 3 aliphatic heterocycles. The quantitative estimate of drug-likeness (QED) is 0.328. The number of thioether (sulfide) groups is 1. The summed E-state index contributed by atoms with van der Waals surface area (Å²) in [6.45, 7) is 3.64. The summed E-state index contributed by atoms with van der Waals surface area (Å²) < 4.78 is 0.795. The molecular weight excluding hydrogens is 596 g/mol. The van der Waals surface area contributed by atoms with Gasteiger partial charge in [0.15, 0.2) is 0 Å². The molecule has 0 aliphatic carbocycles. The van der Waals surface area contributed by atoms with Crippen LogP contribution in [0.2, 0.25) is 0 Å². The van der Waals surface area contributed by atoms with Crippen LogP contribution in [0.3, 0.4) is 0 Å². The first-order valence-corrected chi connectivity index (χ1v) is 15.2. The van der Waals surface area contributed by atoms with Gasteiger partial charge in [0.25, 0.3) is 0 Å². The number of fused-ring (bicyclic) bond motifs is 2. The van der Waals surface area contributed by atoms with Gasteiger partial charge < -0.3 is 20.6 Å². The Morgan fingerprint density at radius 1 is 1.15 bits per heavy atom. The first-order valence-electron chi connectivity index (χ1n) is 13.4. The molecule has 210 valence electrons. The number of likely N-dealkylation sites (tertiary alicyclic amines) is 1. The average Bonchev–Trinajstić information content (AvgIpc) is 3.66. The summed E-state index contributed by atoms with van der Waals surface area (Å²) >= 11 is 5.35. The van der Waals surface area contributed by atoms with Crippen LogP contribution in [0.15, 0.2) is 54.6 Å². The van der Waals surface area contributed by atoms with Gasteiger partial charge in [0, 0.05) is 15.8 Å². The summed E-state index contributed by atoms with van der Waals surface area (Å²) in [7, 11) is 0. The Kier molecular flexibility index (Phi) is 7.12. The van der Waals surface area contributed by atoms with Gasteiger partial charge in [0.1, 0.15) is 18.2 Å². The van der Waals surface area contributed by atoms with Crippen LogP contribution in [0.25, 0.3) is 11.0 Å². The zero-order valence-electron chi connectivity index (χ0n) is 22.1. The second kappa shape index (κ2) is 10.5. The number of hydrogen-bond donors (Lipinski definition) is 3. The Morgan fingerprint density at radius 2 is 1.88 bits per heavy atom. The monoisotopic (exact) mass is 626 g/mol. The number of nitrogens with zero attached hydrogens (tertiary/aromatic N) is 4. The molecule has 3 N–H and O–H groups in total. The number of halogens is 1. The number of nitrogens with one attached hydrogen (secondary N) is 2. The van der Waals surface area contributed by atoms with Gasteiger partial charge in [-0.05, 0) is 36.6 Å². The summed E-state index contributed by atoms with van der Waals surface area (Å²) in [5, 5.41) is 24.5. The number of alkyl halides is 1. The van der Waals surface area contributed by atoms with E-state index in [-0.39, 0.29) is 47.0 Å². The number of rotatable bonds is 8. The Bertz CT molecular complexity index is 1450. The number of para-hydroxylation sites is 2. The van der Waals surface area contributed by atoms with E-state index >= 15 is 0 Å². The molecular formula is C28H31BrN6O4S. The lowest BCUT2D eigenvalue weighted by atomic mass is 9.70. The third-order valence-electron chi connectivity index (χ3n) is 8.46. The number of anilines is 1. The lowest BCUT2D eigenvalue weighted by molar-refractivity contribution is -0.143. The fourth-order valence-electron chi connectivity index (χ4n) is 6.67. The van der Waals surface area contributed by atoms with E-state index in [1.807, 2.05) is 68.4 Å². The third-order valence-corrected chi connectivity index (χ3v) is 11.7. The van der Waals surface area contributed by atoms with Gasteiger partial charge >= 0.3 is 0 Å². The van der Waals surface area contributed by atoms with E-state index in [1.54, 1.807) is 21.3 Å². The van der Waals surface area contributed by atoms with E-state index in [0.29, 0.717) is 17.6 Å². The van der Waals surface area contributed by atoms with Gasteiger partial charge in [-0.25, -0.2) is 4.68 Å². The van der Waals surface area contributed by atoms with Crippen molar-refractivity contribution in [3.63, 3.8) is 0 Å². The summed E-state index contributed by atoms with van der Waals surface area (Å²) in [5.41, 5.74) is 2.16. The minimum Gasteiger partial charge on any atom is -0.394 e. The molecule has 40 heavy (non-hydrogen) atoms. The van der Waals surface area contributed by atoms with E-state index < -0.39 is 28.7 Å². The maximum atomic E-state index is 14.3. The molecule has 3 unspecified atom stereocenters. The van der Waals surface area contributed by atoms with E-state index in [2.05, 4.69) is 36.9 Å². The van der Waals surface area contributed by atoms with Crippen LogP contribution in [-0.2, 0) is 21.1 Å². The Labute approximate surface area is 244 Å². The van der Waals surface area contributed by atoms with E-state index in [0.717, 1.165) is 5.52 Å². The van der Waals surface area contributed by atoms with E-state index in [9.17, 15) is 19.5 Å². The highest BCUT2D eigenvalue weighted by molar-refractivity contribution is 9.09. The zero-order chi connectivity index (χ0) is 28.2. The summed E-state index contributed by atoms with van der Waals surface area (Å²) in [6, 6.07) is 15.2. The Balaban J connectivity index is 1.34. The number of aliphatic hydroxyl groups excluding tert-OH is 1. The second-order valence-corrected chi connectivity index (χ2v) is 13.8. The van der Waals surface area contributed by atoms with Crippen molar-refractivity contribution in [2.24, 2.45) is 17.8 Å². The second-order valence-electron chi connectivity index (χ2n) is 11.0. The lowest BCUT2D eigenvalue weighted by Gasteiger charge is -2.38. The minimum atomic E-state index is -0.857. The molecule has 3 aromatic rings. The van der Waals surface area contributed by atoms with Crippen molar-refractivity contribution < 1.29 is 19.5 Å². The zero-order valence-corrected chi connectivity index (χ0v) is 24.5. The molecule has 7 atom stereocenters. The maximum Gasteiger partial charge on any atom is 0.245 e. The molecule has 3 amide bonds. The van der Waals surface area contributed by atoms with Crippen LogP contribution in [-0.4, -0.2) is 76.2 Å². The van der Waals surface area contributed by atoms with Gasteiger partial charge in [0.05, 0.1) is 34.7 Å². The summed E-state index contributed by atoms with van der Waals surface area (Å²) in [6.07, 6.45) is 0.560. The van der Waals surface area contributed by atoms with Crippen molar-refractivity contribution in [3.8, 4) is 0 Å². The van der Waals surface area contributed by atoms with Crippen LogP contribution in [0, 0.1) is 17.8 Å². The highest BCUT2D eigenvalue weighted by Crippen LogP contribution is 2.68. The molecule has 0 saturated carbocycles. The van der Waals surface area contributed by atoms with Crippen molar-refractivity contribution in [1.29, 1.82) is 0 Å². The predicted octanol–water partition coefficient (Wildman–Crippen LogP) is 2.63. The van der Waals surface area contributed by atoms with Crippen LogP contribution < -0.4 is 10.6 Å². The molecule has 2 bridgehead atoms. The topological polar surface area (TPSA) is 129 Å². The summed E-state index contributed by atoms with van der Waals surface area (Å²) in [5.74, 6) is -2.21. The summed E-state index contributed by atoms with van der Waals surface area (Å²) in [4.78, 5) is 43.6. The first-order chi connectivity index (χ1) is 19.3. The number of carbonyl (C=O) groups is 3. The van der Waals surface area contributed by atoms with Gasteiger partial charge in [-0.3, -0.25) is 14.4 Å². The first kappa shape index (κ1) is 27.2. The Hall–Kier alpha value is -2.96. The largest absolute Gasteiger partial charge is 0.394 e. The molecule has 6 rings (SSSR count). The van der Waals surface area contributed by atoms with Crippen LogP contribution in [0.4, 0.5) is 5.69 Å². The molecule has 2 aromatic carbocycles. The Morgan fingerprint density at radius 3 is 2.60 bits per heavy atom. The SMILES string of the molecule is CC(C)[C@H](CO)N1C(=O)[C@@H]2[C@H](C(=O)Nc3ccccc3)[C@H]3SC2(CC3Br)C1C(=O)NCn1nnc2ccccc21. The third kappa shape index (κ3) is 4.22. The smallest absolute Gasteiger partial charge is 0.245 e. The number of benzene rings is 2. The van der Waals surface area contributed by atoms with Crippen molar-refractivity contribution in [3.05, 3.63) is 54.6 Å². The van der Waals surface area contributed by atoms with Crippen molar-refractivity contribution in [1.82, 2.24) is 25.2 Å². The highest BCUT2D eigenvalue weighted by Gasteiger charge is 2.76.